The topological polar surface area (TPSA) is 103 Å². The number of anilines is 2. The Morgan fingerprint density at radius 2 is 2.06 bits per heavy atom. The third kappa shape index (κ3) is 3.98. The van der Waals surface area contributed by atoms with E-state index in [0.29, 0.717) is 45.5 Å². The van der Waals surface area contributed by atoms with Crippen LogP contribution in [0.25, 0.3) is 0 Å². The molecule has 0 aliphatic carbocycles. The van der Waals surface area contributed by atoms with E-state index in [1.807, 2.05) is 56.3 Å². The monoisotopic (exact) mass is 484 g/mol. The van der Waals surface area contributed by atoms with Crippen molar-refractivity contribution in [2.24, 2.45) is 0 Å². The zero-order chi connectivity index (χ0) is 22.0. The second kappa shape index (κ2) is 8.76. The molecule has 3 aromatic rings. The number of halogens is 1. The summed E-state index contributed by atoms with van der Waals surface area (Å²) in [5.74, 6) is 1.32. The number of hydrogen-bond acceptors (Lipinski definition) is 7. The van der Waals surface area contributed by atoms with Gasteiger partial charge in [-0.1, -0.05) is 23.3 Å². The predicted molar refractivity (Wildman–Crippen MR) is 119 cm³/mol. The molecule has 31 heavy (non-hydrogen) atoms. The maximum absolute atomic E-state index is 13.3. The molecular weight excluding hydrogens is 464 g/mol. The van der Waals surface area contributed by atoms with Crippen molar-refractivity contribution in [2.75, 3.05) is 24.4 Å². The highest BCUT2D eigenvalue weighted by Gasteiger charge is 2.35. The van der Waals surface area contributed by atoms with Crippen LogP contribution in [0.4, 0.5) is 11.6 Å². The lowest BCUT2D eigenvalue weighted by Gasteiger charge is -2.28. The van der Waals surface area contributed by atoms with Crippen LogP contribution in [0, 0.1) is 0 Å². The summed E-state index contributed by atoms with van der Waals surface area (Å²) < 4.78 is 13.5. The molecule has 0 bridgehead atoms. The third-order valence-electron chi connectivity index (χ3n) is 4.85. The van der Waals surface area contributed by atoms with Crippen molar-refractivity contribution in [2.45, 2.75) is 19.9 Å². The van der Waals surface area contributed by atoms with Crippen LogP contribution in [0.15, 0.2) is 58.2 Å². The standard InChI is InChI=1S/C21H21BrN6O3/c1-4-31-19-15(22)10-13(11-16(19)30-3)18-17(12(2)23-21-25-26-27-28(18)21)20(29)24-14-8-6-5-7-9-14/h5-11,18H,4H2,1-3H3,(H,24,29)(H,23,25,27). The van der Waals surface area contributed by atoms with Gasteiger partial charge in [-0.3, -0.25) is 4.79 Å². The number of tetrazole rings is 1. The van der Waals surface area contributed by atoms with Crippen molar-refractivity contribution in [3.8, 4) is 11.5 Å². The molecule has 0 saturated carbocycles. The Hall–Kier alpha value is -3.40. The van der Waals surface area contributed by atoms with Gasteiger partial charge in [0.25, 0.3) is 5.91 Å². The SMILES string of the molecule is CCOc1c(Br)cc(C2C(C(=O)Nc3ccccc3)=C(C)Nc3nnnn32)cc1OC. The number of fused-ring (bicyclic) bond motifs is 1. The van der Waals surface area contributed by atoms with E-state index >= 15 is 0 Å². The van der Waals surface area contributed by atoms with E-state index in [9.17, 15) is 4.79 Å². The fourth-order valence-electron chi connectivity index (χ4n) is 3.52. The van der Waals surface area contributed by atoms with E-state index in [2.05, 4.69) is 42.1 Å². The number of methoxy groups -OCH3 is 1. The Labute approximate surface area is 187 Å². The third-order valence-corrected chi connectivity index (χ3v) is 5.44. The molecular formula is C21H21BrN6O3. The number of rotatable bonds is 6. The molecule has 2 heterocycles. The lowest BCUT2D eigenvalue weighted by atomic mass is 9.94. The minimum absolute atomic E-state index is 0.258. The van der Waals surface area contributed by atoms with Crippen molar-refractivity contribution >= 4 is 33.5 Å². The van der Waals surface area contributed by atoms with Crippen molar-refractivity contribution in [1.82, 2.24) is 20.2 Å². The Kier molecular flexibility index (Phi) is 5.90. The molecule has 1 aromatic heterocycles. The molecule has 2 aromatic carbocycles. The van der Waals surface area contributed by atoms with Crippen LogP contribution < -0.4 is 20.1 Å². The van der Waals surface area contributed by atoms with Crippen LogP contribution in [0.3, 0.4) is 0 Å². The molecule has 9 nitrogen and oxygen atoms in total. The number of hydrogen-bond donors (Lipinski definition) is 2. The van der Waals surface area contributed by atoms with Crippen molar-refractivity contribution < 1.29 is 14.3 Å². The lowest BCUT2D eigenvalue weighted by molar-refractivity contribution is -0.113. The van der Waals surface area contributed by atoms with Crippen LogP contribution in [-0.4, -0.2) is 39.8 Å². The van der Waals surface area contributed by atoms with Crippen LogP contribution in [-0.2, 0) is 4.79 Å². The fraction of sp³-hybridized carbons (Fsp3) is 0.238. The summed E-state index contributed by atoms with van der Waals surface area (Å²) in [5.41, 5.74) is 2.60. The summed E-state index contributed by atoms with van der Waals surface area (Å²) >= 11 is 3.56. The summed E-state index contributed by atoms with van der Waals surface area (Å²) in [7, 11) is 1.57. The molecule has 1 unspecified atom stereocenters. The molecule has 0 radical (unpaired) electrons. The quantitative estimate of drug-likeness (QED) is 0.548. The van der Waals surface area contributed by atoms with Gasteiger partial charge in [0.15, 0.2) is 11.5 Å². The lowest BCUT2D eigenvalue weighted by Crippen LogP contribution is -2.31. The van der Waals surface area contributed by atoms with Crippen LogP contribution in [0.1, 0.15) is 25.5 Å². The maximum Gasteiger partial charge on any atom is 0.255 e. The second-order valence-electron chi connectivity index (χ2n) is 6.80. The number of amides is 1. The van der Waals surface area contributed by atoms with Gasteiger partial charge in [-0.2, -0.15) is 4.68 Å². The molecule has 1 amide bonds. The summed E-state index contributed by atoms with van der Waals surface area (Å²) in [6.45, 7) is 4.21. The molecule has 0 fully saturated rings. The van der Waals surface area contributed by atoms with E-state index in [0.717, 1.165) is 5.56 Å². The number of ether oxygens (including phenoxy) is 2. The van der Waals surface area contributed by atoms with Crippen molar-refractivity contribution in [1.29, 1.82) is 0 Å². The Morgan fingerprint density at radius 1 is 1.29 bits per heavy atom. The number of para-hydroxylation sites is 1. The first-order valence-electron chi connectivity index (χ1n) is 9.65. The molecule has 0 saturated heterocycles. The highest BCUT2D eigenvalue weighted by atomic mass is 79.9. The van der Waals surface area contributed by atoms with Crippen molar-refractivity contribution in [3.05, 3.63) is 63.8 Å². The van der Waals surface area contributed by atoms with Gasteiger partial charge in [-0.25, -0.2) is 0 Å². The first kappa shape index (κ1) is 20.9. The first-order valence-corrected chi connectivity index (χ1v) is 10.4. The van der Waals surface area contributed by atoms with Gasteiger partial charge in [0.1, 0.15) is 6.04 Å². The van der Waals surface area contributed by atoms with E-state index < -0.39 is 6.04 Å². The zero-order valence-electron chi connectivity index (χ0n) is 17.2. The number of nitrogens with zero attached hydrogens (tertiary/aromatic N) is 4. The van der Waals surface area contributed by atoms with Gasteiger partial charge >= 0.3 is 0 Å². The Bertz CT molecular complexity index is 1150. The molecule has 10 heteroatoms. The molecule has 1 atom stereocenters. The summed E-state index contributed by atoms with van der Waals surface area (Å²) in [6, 6.07) is 12.4. The maximum atomic E-state index is 13.3. The molecule has 1 aliphatic heterocycles. The summed E-state index contributed by atoms with van der Waals surface area (Å²) in [5, 5.41) is 18.0. The molecule has 160 valence electrons. The van der Waals surface area contributed by atoms with E-state index in [1.165, 1.54) is 0 Å². The number of carbonyl (C=O) groups is 1. The molecule has 0 spiro atoms. The largest absolute Gasteiger partial charge is 0.493 e. The van der Waals surface area contributed by atoms with Crippen molar-refractivity contribution in [3.63, 3.8) is 0 Å². The van der Waals surface area contributed by atoms with Crippen LogP contribution >= 0.6 is 15.9 Å². The second-order valence-corrected chi connectivity index (χ2v) is 7.65. The number of aromatic nitrogens is 4. The number of nitrogens with one attached hydrogen (secondary N) is 2. The van der Waals surface area contributed by atoms with Gasteiger partial charge in [-0.15, -0.1) is 0 Å². The van der Waals surface area contributed by atoms with Gasteiger partial charge in [0, 0.05) is 11.4 Å². The highest BCUT2D eigenvalue weighted by Crippen LogP contribution is 2.42. The number of allylic oxidation sites excluding steroid dienone is 1. The minimum Gasteiger partial charge on any atom is -0.493 e. The normalized spacial score (nSPS) is 15.2. The number of carbonyl (C=O) groups excluding carboxylic acids is 1. The Morgan fingerprint density at radius 3 is 2.77 bits per heavy atom. The van der Waals surface area contributed by atoms with Gasteiger partial charge < -0.3 is 20.1 Å². The average molecular weight is 485 g/mol. The van der Waals surface area contributed by atoms with E-state index in [1.54, 1.807) is 11.8 Å². The van der Waals surface area contributed by atoms with Crippen LogP contribution in [0.2, 0.25) is 0 Å². The first-order chi connectivity index (χ1) is 15.0. The minimum atomic E-state index is -0.573. The van der Waals surface area contributed by atoms with Crippen LogP contribution in [0.5, 0.6) is 11.5 Å². The van der Waals surface area contributed by atoms with Gasteiger partial charge in [-0.05, 0) is 70.0 Å². The smallest absolute Gasteiger partial charge is 0.255 e. The van der Waals surface area contributed by atoms with Gasteiger partial charge in [0.05, 0.1) is 23.8 Å². The molecule has 2 N–H and O–H groups in total. The predicted octanol–water partition coefficient (Wildman–Crippen LogP) is 3.77. The summed E-state index contributed by atoms with van der Waals surface area (Å²) in [6.07, 6.45) is 0. The zero-order valence-corrected chi connectivity index (χ0v) is 18.8. The van der Waals surface area contributed by atoms with Gasteiger partial charge in [0.2, 0.25) is 5.95 Å². The Balaban J connectivity index is 1.81. The van der Waals surface area contributed by atoms with E-state index in [4.69, 9.17) is 9.47 Å². The summed E-state index contributed by atoms with van der Waals surface area (Å²) in [4.78, 5) is 13.3. The fourth-order valence-corrected chi connectivity index (χ4v) is 4.09. The molecule has 1 aliphatic rings. The highest BCUT2D eigenvalue weighted by molar-refractivity contribution is 9.10. The molecule has 4 rings (SSSR count). The number of benzene rings is 2. The average Bonchev–Trinajstić information content (AvgIpc) is 3.22. The van der Waals surface area contributed by atoms with E-state index in [-0.39, 0.29) is 5.91 Å².